The van der Waals surface area contributed by atoms with Gasteiger partial charge >= 0.3 is 6.03 Å². The van der Waals surface area contributed by atoms with Gasteiger partial charge in [0.25, 0.3) is 0 Å². The summed E-state index contributed by atoms with van der Waals surface area (Å²) >= 11 is 0. The maximum absolute atomic E-state index is 14.2. The summed E-state index contributed by atoms with van der Waals surface area (Å²) in [4.78, 5) is 24.0. The predicted octanol–water partition coefficient (Wildman–Crippen LogP) is 2.30. The zero-order valence-corrected chi connectivity index (χ0v) is 16.9. The number of ether oxygens (including phenoxy) is 3. The number of aromatic nitrogens is 2. The molecule has 2 heterocycles. The van der Waals surface area contributed by atoms with Gasteiger partial charge in [0.05, 0.1) is 32.7 Å². The van der Waals surface area contributed by atoms with Gasteiger partial charge in [0, 0.05) is 38.3 Å². The number of hydrogen-bond donors (Lipinski definition) is 1. The standard InChI is InChI=1S/C19H24FN5O4/c1-12-16(20)18(22-11-21-12)24-5-7-25(8-6-24)19(26)23-13-9-14(27-2)17(29-4)15(10-13)28-3/h9-11H,5-8H2,1-4H3,(H,23,26). The topological polar surface area (TPSA) is 89.1 Å². The van der Waals surface area contributed by atoms with Crippen LogP contribution in [0.4, 0.5) is 20.7 Å². The molecule has 1 N–H and O–H groups in total. The number of nitrogens with zero attached hydrogens (tertiary/aromatic N) is 4. The Morgan fingerprint density at radius 1 is 1.03 bits per heavy atom. The monoisotopic (exact) mass is 405 g/mol. The van der Waals surface area contributed by atoms with Crippen LogP contribution in [-0.4, -0.2) is 68.4 Å². The van der Waals surface area contributed by atoms with Crippen LogP contribution in [0, 0.1) is 12.7 Å². The second-order valence-electron chi connectivity index (χ2n) is 6.41. The third kappa shape index (κ3) is 4.25. The van der Waals surface area contributed by atoms with Crippen LogP contribution in [-0.2, 0) is 0 Å². The molecule has 10 heteroatoms. The lowest BCUT2D eigenvalue weighted by atomic mass is 10.2. The maximum atomic E-state index is 14.2. The number of aryl methyl sites for hydroxylation is 1. The summed E-state index contributed by atoms with van der Waals surface area (Å²) in [7, 11) is 4.53. The largest absolute Gasteiger partial charge is 0.493 e. The molecular formula is C19H24FN5O4. The van der Waals surface area contributed by atoms with Gasteiger partial charge in [-0.3, -0.25) is 0 Å². The minimum Gasteiger partial charge on any atom is -0.493 e. The highest BCUT2D eigenvalue weighted by Gasteiger charge is 2.25. The van der Waals surface area contributed by atoms with Crippen molar-refractivity contribution < 1.29 is 23.4 Å². The molecule has 1 fully saturated rings. The van der Waals surface area contributed by atoms with E-state index in [9.17, 15) is 9.18 Å². The van der Waals surface area contributed by atoms with Crippen molar-refractivity contribution in [2.75, 3.05) is 57.7 Å². The number of methoxy groups -OCH3 is 3. The Morgan fingerprint density at radius 2 is 1.66 bits per heavy atom. The van der Waals surface area contributed by atoms with Crippen LogP contribution in [0.15, 0.2) is 18.5 Å². The fourth-order valence-electron chi connectivity index (χ4n) is 3.14. The van der Waals surface area contributed by atoms with Crippen LogP contribution in [0.25, 0.3) is 0 Å². The van der Waals surface area contributed by atoms with E-state index in [1.807, 2.05) is 4.90 Å². The summed E-state index contributed by atoms with van der Waals surface area (Å²) in [5.41, 5.74) is 0.821. The smallest absolute Gasteiger partial charge is 0.321 e. The summed E-state index contributed by atoms with van der Waals surface area (Å²) in [5.74, 6) is 1.18. The predicted molar refractivity (Wildman–Crippen MR) is 106 cm³/mol. The van der Waals surface area contributed by atoms with Gasteiger partial charge in [-0.15, -0.1) is 0 Å². The highest BCUT2D eigenvalue weighted by molar-refractivity contribution is 5.90. The lowest BCUT2D eigenvalue weighted by molar-refractivity contribution is 0.208. The number of carbonyl (C=O) groups is 1. The Morgan fingerprint density at radius 3 is 2.21 bits per heavy atom. The molecule has 2 aromatic rings. The second kappa shape index (κ2) is 8.80. The van der Waals surface area contributed by atoms with E-state index in [-0.39, 0.29) is 11.8 Å². The number of amides is 2. The average Bonchev–Trinajstić information content (AvgIpc) is 2.75. The van der Waals surface area contributed by atoms with E-state index in [0.29, 0.717) is 54.8 Å². The van der Waals surface area contributed by atoms with Crippen LogP contribution < -0.4 is 24.4 Å². The molecule has 156 valence electrons. The molecule has 0 aliphatic carbocycles. The highest BCUT2D eigenvalue weighted by Crippen LogP contribution is 2.40. The number of hydrogen-bond acceptors (Lipinski definition) is 7. The lowest BCUT2D eigenvalue weighted by Crippen LogP contribution is -2.50. The van der Waals surface area contributed by atoms with Crippen LogP contribution in [0.2, 0.25) is 0 Å². The van der Waals surface area contributed by atoms with Crippen molar-refractivity contribution in [1.82, 2.24) is 14.9 Å². The van der Waals surface area contributed by atoms with Gasteiger partial charge < -0.3 is 29.3 Å². The zero-order chi connectivity index (χ0) is 21.0. The molecule has 1 aromatic heterocycles. The summed E-state index contributed by atoms with van der Waals surface area (Å²) < 4.78 is 30.1. The third-order valence-corrected chi connectivity index (χ3v) is 4.73. The average molecular weight is 405 g/mol. The number of urea groups is 1. The van der Waals surface area contributed by atoms with Crippen molar-refractivity contribution in [3.05, 3.63) is 30.0 Å². The molecule has 9 nitrogen and oxygen atoms in total. The van der Waals surface area contributed by atoms with Crippen molar-refractivity contribution in [2.24, 2.45) is 0 Å². The molecule has 2 amide bonds. The Labute approximate surface area is 168 Å². The Hall–Kier alpha value is -3.30. The molecule has 29 heavy (non-hydrogen) atoms. The van der Waals surface area contributed by atoms with E-state index in [2.05, 4.69) is 15.3 Å². The van der Waals surface area contributed by atoms with E-state index in [1.165, 1.54) is 27.7 Å². The van der Waals surface area contributed by atoms with Gasteiger partial charge in [0.15, 0.2) is 23.1 Å². The number of piperazine rings is 1. The minimum absolute atomic E-state index is 0.265. The second-order valence-corrected chi connectivity index (χ2v) is 6.41. The van der Waals surface area contributed by atoms with E-state index in [4.69, 9.17) is 14.2 Å². The molecule has 1 aliphatic heterocycles. The zero-order valence-electron chi connectivity index (χ0n) is 16.9. The molecule has 0 atom stereocenters. The van der Waals surface area contributed by atoms with Crippen molar-refractivity contribution in [1.29, 1.82) is 0 Å². The maximum Gasteiger partial charge on any atom is 0.321 e. The SMILES string of the molecule is COc1cc(NC(=O)N2CCN(c3ncnc(C)c3F)CC2)cc(OC)c1OC. The first-order valence-electron chi connectivity index (χ1n) is 9.06. The molecule has 0 spiro atoms. The highest BCUT2D eigenvalue weighted by atomic mass is 19.1. The lowest BCUT2D eigenvalue weighted by Gasteiger charge is -2.35. The van der Waals surface area contributed by atoms with Crippen molar-refractivity contribution >= 4 is 17.5 Å². The van der Waals surface area contributed by atoms with Crippen molar-refractivity contribution in [3.8, 4) is 17.2 Å². The first-order chi connectivity index (χ1) is 14.0. The van der Waals surface area contributed by atoms with Crippen LogP contribution in [0.3, 0.4) is 0 Å². The van der Waals surface area contributed by atoms with Gasteiger partial charge in [-0.05, 0) is 6.92 Å². The summed E-state index contributed by atoms with van der Waals surface area (Å²) in [6.45, 7) is 3.39. The molecule has 1 aromatic carbocycles. The molecule has 0 unspecified atom stereocenters. The number of carbonyl (C=O) groups excluding carboxylic acids is 1. The van der Waals surface area contributed by atoms with E-state index in [1.54, 1.807) is 24.0 Å². The van der Waals surface area contributed by atoms with Gasteiger partial charge in [-0.2, -0.15) is 0 Å². The molecule has 1 saturated heterocycles. The first kappa shape index (κ1) is 20.4. The van der Waals surface area contributed by atoms with Gasteiger partial charge in [0.1, 0.15) is 6.33 Å². The van der Waals surface area contributed by atoms with Crippen LogP contribution in [0.1, 0.15) is 5.69 Å². The van der Waals surface area contributed by atoms with E-state index < -0.39 is 5.82 Å². The van der Waals surface area contributed by atoms with Crippen molar-refractivity contribution in [2.45, 2.75) is 6.92 Å². The van der Waals surface area contributed by atoms with Crippen LogP contribution in [0.5, 0.6) is 17.2 Å². The van der Waals surface area contributed by atoms with Crippen LogP contribution >= 0.6 is 0 Å². The first-order valence-corrected chi connectivity index (χ1v) is 9.06. The van der Waals surface area contributed by atoms with Gasteiger partial charge in [-0.1, -0.05) is 0 Å². The summed E-state index contributed by atoms with van der Waals surface area (Å²) in [5, 5.41) is 2.84. The molecule has 3 rings (SSSR count). The number of halogens is 1. The fraction of sp³-hybridized carbons (Fsp3) is 0.421. The molecule has 1 aliphatic rings. The van der Waals surface area contributed by atoms with Gasteiger partial charge in [0.2, 0.25) is 5.75 Å². The van der Waals surface area contributed by atoms with E-state index >= 15 is 0 Å². The van der Waals surface area contributed by atoms with Gasteiger partial charge in [-0.25, -0.2) is 19.2 Å². The number of nitrogens with one attached hydrogen (secondary N) is 1. The molecular weight excluding hydrogens is 381 g/mol. The molecule has 0 bridgehead atoms. The Bertz CT molecular complexity index is 862. The molecule has 0 saturated carbocycles. The fourth-order valence-corrected chi connectivity index (χ4v) is 3.14. The quantitative estimate of drug-likeness (QED) is 0.816. The number of rotatable bonds is 5. The minimum atomic E-state index is -0.428. The van der Waals surface area contributed by atoms with E-state index in [0.717, 1.165) is 0 Å². The Kier molecular flexibility index (Phi) is 6.20. The normalized spacial score (nSPS) is 13.8. The Balaban J connectivity index is 1.66. The van der Waals surface area contributed by atoms with Crippen molar-refractivity contribution in [3.63, 3.8) is 0 Å². The molecule has 0 radical (unpaired) electrons. The number of benzene rings is 1. The summed E-state index contributed by atoms with van der Waals surface area (Å²) in [6, 6.07) is 3.06. The summed E-state index contributed by atoms with van der Waals surface area (Å²) in [6.07, 6.45) is 1.34. The number of anilines is 2. The third-order valence-electron chi connectivity index (χ3n) is 4.73.